The van der Waals surface area contributed by atoms with Gasteiger partial charge < -0.3 is 0 Å². The maximum Gasteiger partial charge on any atom is 0.417 e. The lowest BCUT2D eigenvalue weighted by molar-refractivity contribution is -0.139. The van der Waals surface area contributed by atoms with E-state index in [0.29, 0.717) is 6.54 Å². The normalized spacial score (nSPS) is 22.9. The molecule has 1 fully saturated rings. The van der Waals surface area contributed by atoms with Crippen LogP contribution in [0, 0.1) is 11.8 Å². The molecule has 0 N–H and O–H groups in total. The van der Waals surface area contributed by atoms with Crippen LogP contribution in [0.3, 0.4) is 0 Å². The average molecular weight is 381 g/mol. The molecule has 1 aromatic rings. The van der Waals surface area contributed by atoms with E-state index in [1.165, 1.54) is 24.6 Å². The minimum absolute atomic E-state index is 0.175. The molecule has 0 spiro atoms. The van der Waals surface area contributed by atoms with Crippen molar-refractivity contribution in [3.63, 3.8) is 0 Å². The maximum absolute atomic E-state index is 13.3. The SMILES string of the molecule is O=[S@@](c1ccccc1C(F)(F)F)N1CCCC[C@H]1C#CC1=CCCCC1. The highest BCUT2D eigenvalue weighted by atomic mass is 32.2. The van der Waals surface area contributed by atoms with Crippen LogP contribution in [-0.4, -0.2) is 21.1 Å². The molecular weight excluding hydrogens is 359 g/mol. The highest BCUT2D eigenvalue weighted by Crippen LogP contribution is 2.35. The van der Waals surface area contributed by atoms with Gasteiger partial charge in [-0.05, 0) is 62.7 Å². The highest BCUT2D eigenvalue weighted by molar-refractivity contribution is 7.82. The van der Waals surface area contributed by atoms with Crippen molar-refractivity contribution in [2.45, 2.75) is 62.1 Å². The number of halogens is 3. The van der Waals surface area contributed by atoms with Crippen molar-refractivity contribution in [2.24, 2.45) is 0 Å². The van der Waals surface area contributed by atoms with E-state index in [2.05, 4.69) is 17.9 Å². The van der Waals surface area contributed by atoms with Gasteiger partial charge in [-0.1, -0.05) is 30.0 Å². The number of nitrogens with zero attached hydrogens (tertiary/aromatic N) is 1. The fourth-order valence-electron chi connectivity index (χ4n) is 3.35. The summed E-state index contributed by atoms with van der Waals surface area (Å²) in [5.41, 5.74) is 0.272. The zero-order chi connectivity index (χ0) is 18.6. The van der Waals surface area contributed by atoms with Crippen LogP contribution >= 0.6 is 0 Å². The Morgan fingerprint density at radius 2 is 1.92 bits per heavy atom. The van der Waals surface area contributed by atoms with Crippen molar-refractivity contribution >= 4 is 11.0 Å². The van der Waals surface area contributed by atoms with Crippen molar-refractivity contribution in [2.75, 3.05) is 6.54 Å². The van der Waals surface area contributed by atoms with Crippen LogP contribution < -0.4 is 0 Å². The van der Waals surface area contributed by atoms with Crippen LogP contribution in [0.15, 0.2) is 40.8 Å². The molecule has 0 radical (unpaired) electrons. The number of piperidine rings is 1. The fourth-order valence-corrected chi connectivity index (χ4v) is 4.86. The van der Waals surface area contributed by atoms with Crippen molar-refractivity contribution in [1.29, 1.82) is 0 Å². The van der Waals surface area contributed by atoms with Gasteiger partial charge in [0.2, 0.25) is 0 Å². The Balaban J connectivity index is 1.85. The summed E-state index contributed by atoms with van der Waals surface area (Å²) in [5, 5.41) is 0. The second-order valence-corrected chi connectivity index (χ2v) is 8.05. The zero-order valence-electron chi connectivity index (χ0n) is 14.5. The van der Waals surface area contributed by atoms with Crippen molar-refractivity contribution < 1.29 is 17.4 Å². The molecule has 1 saturated heterocycles. The van der Waals surface area contributed by atoms with Crippen LogP contribution in [0.2, 0.25) is 0 Å². The summed E-state index contributed by atoms with van der Waals surface area (Å²) in [5.74, 6) is 6.37. The molecule has 6 heteroatoms. The van der Waals surface area contributed by atoms with E-state index in [9.17, 15) is 17.4 Å². The van der Waals surface area contributed by atoms with Gasteiger partial charge in [0, 0.05) is 6.54 Å². The summed E-state index contributed by atoms with van der Waals surface area (Å²) >= 11 is 0. The third kappa shape index (κ3) is 4.57. The Morgan fingerprint density at radius 3 is 2.65 bits per heavy atom. The molecule has 2 nitrogen and oxygen atoms in total. The first kappa shape index (κ1) is 19.2. The Hall–Kier alpha value is -1.58. The van der Waals surface area contributed by atoms with Crippen LogP contribution in [0.5, 0.6) is 0 Å². The van der Waals surface area contributed by atoms with Crippen LogP contribution in [0.1, 0.15) is 50.5 Å². The number of hydrogen-bond acceptors (Lipinski definition) is 1. The first-order chi connectivity index (χ1) is 12.5. The Kier molecular flexibility index (Phi) is 6.20. The summed E-state index contributed by atoms with van der Waals surface area (Å²) < 4.78 is 54.4. The average Bonchev–Trinajstić information content (AvgIpc) is 2.66. The molecule has 140 valence electrons. The van der Waals surface area contributed by atoms with Gasteiger partial charge in [-0.3, -0.25) is 0 Å². The first-order valence-electron chi connectivity index (χ1n) is 9.02. The molecule has 1 aliphatic heterocycles. The number of allylic oxidation sites excluding steroid dienone is 2. The molecule has 3 rings (SSSR count). The molecule has 1 aromatic carbocycles. The largest absolute Gasteiger partial charge is 0.417 e. The molecule has 0 aromatic heterocycles. The standard InChI is InChI=1S/C20H22F3NOS/c21-20(22,23)18-11-4-5-12-19(18)26(25)24-15-7-6-10-17(24)14-13-16-8-2-1-3-9-16/h4-5,8,11-12,17H,1-3,6-7,9-10,15H2/t17-,26-/m0/s1. The van der Waals surface area contributed by atoms with Crippen LogP contribution in [0.25, 0.3) is 0 Å². The molecule has 0 saturated carbocycles. The predicted molar refractivity (Wildman–Crippen MR) is 96.5 cm³/mol. The lowest BCUT2D eigenvalue weighted by atomic mass is 9.99. The van der Waals surface area contributed by atoms with E-state index >= 15 is 0 Å². The number of rotatable bonds is 2. The third-order valence-corrected chi connectivity index (χ3v) is 6.33. The molecule has 26 heavy (non-hydrogen) atoms. The van der Waals surface area contributed by atoms with E-state index in [0.717, 1.165) is 50.2 Å². The lowest BCUT2D eigenvalue weighted by Crippen LogP contribution is -2.40. The van der Waals surface area contributed by atoms with E-state index in [-0.39, 0.29) is 10.9 Å². The Morgan fingerprint density at radius 1 is 1.12 bits per heavy atom. The van der Waals surface area contributed by atoms with Gasteiger partial charge in [0.1, 0.15) is 11.0 Å². The molecule has 0 unspecified atom stereocenters. The Bertz CT molecular complexity index is 760. The quantitative estimate of drug-likeness (QED) is 0.654. The van der Waals surface area contributed by atoms with Gasteiger partial charge in [-0.25, -0.2) is 8.51 Å². The number of benzene rings is 1. The molecule has 1 aliphatic carbocycles. The minimum atomic E-state index is -4.52. The highest BCUT2D eigenvalue weighted by Gasteiger charge is 2.37. The summed E-state index contributed by atoms with van der Waals surface area (Å²) in [6.07, 6.45) is 4.42. The van der Waals surface area contributed by atoms with E-state index in [4.69, 9.17) is 0 Å². The molecule has 2 atom stereocenters. The van der Waals surface area contributed by atoms with Crippen LogP contribution in [-0.2, 0) is 17.2 Å². The predicted octanol–water partition coefficient (Wildman–Crippen LogP) is 5.09. The number of alkyl halides is 3. The second-order valence-electron chi connectivity index (χ2n) is 6.64. The van der Waals surface area contributed by atoms with Crippen molar-refractivity contribution in [3.8, 4) is 11.8 Å². The third-order valence-electron chi connectivity index (χ3n) is 4.74. The van der Waals surface area contributed by atoms with Gasteiger partial charge in [0.25, 0.3) is 0 Å². The first-order valence-corrected chi connectivity index (χ1v) is 10.1. The van der Waals surface area contributed by atoms with Crippen molar-refractivity contribution in [3.05, 3.63) is 41.5 Å². The van der Waals surface area contributed by atoms with Crippen LogP contribution in [0.4, 0.5) is 13.2 Å². The van der Waals surface area contributed by atoms with Gasteiger partial charge in [0.15, 0.2) is 0 Å². The van der Waals surface area contributed by atoms with E-state index in [1.54, 1.807) is 4.31 Å². The summed E-state index contributed by atoms with van der Waals surface area (Å²) in [6.45, 7) is 0.497. The minimum Gasteiger partial charge on any atom is -0.237 e. The summed E-state index contributed by atoms with van der Waals surface area (Å²) in [6, 6.07) is 4.85. The second kappa shape index (κ2) is 8.41. The fraction of sp³-hybridized carbons (Fsp3) is 0.500. The zero-order valence-corrected chi connectivity index (χ0v) is 15.3. The van der Waals surface area contributed by atoms with Gasteiger partial charge in [-0.2, -0.15) is 13.2 Å². The van der Waals surface area contributed by atoms with E-state index in [1.807, 2.05) is 0 Å². The molecule has 2 aliphatic rings. The molecule has 0 bridgehead atoms. The van der Waals surface area contributed by atoms with Crippen molar-refractivity contribution in [1.82, 2.24) is 4.31 Å². The molecular formula is C20H22F3NOS. The summed E-state index contributed by atoms with van der Waals surface area (Å²) in [4.78, 5) is -0.175. The smallest absolute Gasteiger partial charge is 0.237 e. The lowest BCUT2D eigenvalue weighted by Gasteiger charge is -2.31. The van der Waals surface area contributed by atoms with Gasteiger partial charge in [0.05, 0.1) is 16.5 Å². The molecule has 0 amide bonds. The van der Waals surface area contributed by atoms with Gasteiger partial charge >= 0.3 is 6.18 Å². The monoisotopic (exact) mass is 381 g/mol. The molecule has 1 heterocycles. The van der Waals surface area contributed by atoms with Gasteiger partial charge in [-0.15, -0.1) is 0 Å². The maximum atomic E-state index is 13.3. The van der Waals surface area contributed by atoms with E-state index < -0.39 is 22.7 Å². The topological polar surface area (TPSA) is 20.3 Å². The number of hydrogen-bond donors (Lipinski definition) is 0. The Labute approximate surface area is 155 Å². The summed E-state index contributed by atoms with van der Waals surface area (Å²) in [7, 11) is -1.87.